The van der Waals surface area contributed by atoms with Crippen molar-refractivity contribution in [3.05, 3.63) is 128 Å². The van der Waals surface area contributed by atoms with Crippen molar-refractivity contribution >= 4 is 40.5 Å². The van der Waals surface area contributed by atoms with E-state index >= 15 is 0 Å². The molecule has 0 spiro atoms. The number of benzene rings is 3. The maximum atomic E-state index is 14.3. The number of hydrogen-bond acceptors (Lipinski definition) is 11. The lowest BCUT2D eigenvalue weighted by Crippen LogP contribution is -2.63. The molecule has 4 aliphatic rings. The molecule has 0 saturated heterocycles. The van der Waals surface area contributed by atoms with Crippen molar-refractivity contribution in [2.45, 2.75) is 38.0 Å². The third kappa shape index (κ3) is 5.87. The molecule has 1 amide bonds. The number of likely N-dealkylation sites (N-methyl/N-ethyl adjacent to an activating group) is 1. The number of aryl methyl sites for hydroxylation is 1. The maximum Gasteiger partial charge on any atom is 0.255 e. The quantitative estimate of drug-likeness (QED) is 0.184. The molecule has 13 nitrogen and oxygen atoms in total. The molecule has 1 aliphatic heterocycles. The first-order chi connectivity index (χ1) is 26.5. The van der Waals surface area contributed by atoms with E-state index in [1.807, 2.05) is 42.0 Å². The van der Waals surface area contributed by atoms with Gasteiger partial charge >= 0.3 is 0 Å². The average molecular weight is 783 g/mol. The number of carbonyl (C=O) groups is 3. The first-order valence-corrected chi connectivity index (χ1v) is 18.2. The molecule has 15 heteroatoms. The van der Waals surface area contributed by atoms with Gasteiger partial charge in [-0.25, -0.2) is 9.37 Å². The highest BCUT2D eigenvalue weighted by Crippen LogP contribution is 2.53. The van der Waals surface area contributed by atoms with Crippen molar-refractivity contribution in [1.29, 1.82) is 0 Å². The fourth-order valence-electron chi connectivity index (χ4n) is 8.61. The molecular formula is C41H40ClFN6O7. The Morgan fingerprint density at radius 2 is 1.75 bits per heavy atom. The molecule has 0 saturated carbocycles. The van der Waals surface area contributed by atoms with Gasteiger partial charge in [0.2, 0.25) is 5.78 Å². The molecule has 4 aromatic rings. The van der Waals surface area contributed by atoms with Crippen LogP contribution < -0.4 is 10.6 Å². The van der Waals surface area contributed by atoms with E-state index in [-0.39, 0.29) is 35.5 Å². The molecule has 2 heterocycles. The molecule has 0 fully saturated rings. The number of aliphatic imine (C=N–C) groups is 1. The summed E-state index contributed by atoms with van der Waals surface area (Å²) >= 11 is 6.19. The van der Waals surface area contributed by atoms with Crippen LogP contribution in [0.1, 0.15) is 45.0 Å². The van der Waals surface area contributed by atoms with E-state index in [9.17, 15) is 39.2 Å². The monoisotopic (exact) mass is 782 g/mol. The van der Waals surface area contributed by atoms with Crippen LogP contribution in [-0.4, -0.2) is 97.9 Å². The van der Waals surface area contributed by atoms with Crippen molar-refractivity contribution in [2.24, 2.45) is 22.6 Å². The second-order valence-electron chi connectivity index (χ2n) is 14.8. The summed E-state index contributed by atoms with van der Waals surface area (Å²) < 4.78 is 16.3. The number of fused-ring (bicyclic) bond motifs is 6. The Hall–Kier alpha value is -5.83. The summed E-state index contributed by atoms with van der Waals surface area (Å²) in [6.07, 6.45) is 2.13. The zero-order valence-corrected chi connectivity index (χ0v) is 32.0. The summed E-state index contributed by atoms with van der Waals surface area (Å²) in [5.74, 6) is -5.96. The van der Waals surface area contributed by atoms with E-state index in [0.717, 1.165) is 28.5 Å². The summed E-state index contributed by atoms with van der Waals surface area (Å²) in [5.41, 5.74) is 6.81. The van der Waals surface area contributed by atoms with Gasteiger partial charge in [-0.3, -0.25) is 28.8 Å². The number of anilines is 1. The van der Waals surface area contributed by atoms with Gasteiger partial charge in [0.25, 0.3) is 5.91 Å². The highest BCUT2D eigenvalue weighted by Gasteiger charge is 2.63. The number of aromatic nitrogens is 2. The average Bonchev–Trinajstić information content (AvgIpc) is 3.41. The van der Waals surface area contributed by atoms with Crippen molar-refractivity contribution in [1.82, 2.24) is 14.5 Å². The Labute approximate surface area is 326 Å². The summed E-state index contributed by atoms with van der Waals surface area (Å²) in [4.78, 5) is 51.0. The van der Waals surface area contributed by atoms with E-state index in [1.165, 1.54) is 17.0 Å². The van der Waals surface area contributed by atoms with Crippen LogP contribution in [0, 0.1) is 24.6 Å². The van der Waals surface area contributed by atoms with Crippen LogP contribution in [-0.2, 0) is 22.6 Å². The number of aliphatic hydroxyl groups is 3. The Morgan fingerprint density at radius 1 is 1.04 bits per heavy atom. The number of imidazole rings is 1. The number of ketones is 2. The molecule has 290 valence electrons. The van der Waals surface area contributed by atoms with Crippen LogP contribution in [0.2, 0.25) is 5.02 Å². The first-order valence-electron chi connectivity index (χ1n) is 17.8. The van der Waals surface area contributed by atoms with E-state index in [2.05, 4.69) is 9.98 Å². The largest absolute Gasteiger partial charge is 0.510 e. The minimum Gasteiger partial charge on any atom is -0.510 e. The Bertz CT molecular complexity index is 2450. The van der Waals surface area contributed by atoms with Gasteiger partial charge in [-0.1, -0.05) is 23.7 Å². The number of phenolic OH excluding ortho intramolecular Hbond substituents is 1. The molecule has 8 rings (SSSR count). The lowest BCUT2D eigenvalue weighted by atomic mass is 9.58. The van der Waals surface area contributed by atoms with E-state index in [0.29, 0.717) is 28.4 Å². The molecule has 1 aromatic heterocycles. The van der Waals surface area contributed by atoms with Gasteiger partial charge in [0.1, 0.15) is 34.5 Å². The number of Topliss-reactive ketones (excluding diaryl/α,β-unsaturated/α-hetero) is 2. The number of phenols is 1. The molecule has 3 aliphatic carbocycles. The van der Waals surface area contributed by atoms with Crippen molar-refractivity contribution in [2.75, 3.05) is 33.1 Å². The Balaban J connectivity index is 0.000000182. The minimum atomic E-state index is -2.63. The smallest absolute Gasteiger partial charge is 0.255 e. The van der Waals surface area contributed by atoms with Gasteiger partial charge in [-0.2, -0.15) is 0 Å². The van der Waals surface area contributed by atoms with Crippen molar-refractivity contribution < 1.29 is 39.2 Å². The van der Waals surface area contributed by atoms with Crippen LogP contribution in [0.3, 0.4) is 0 Å². The fraction of sp³-hybridized carbons (Fsp3) is 0.293. The van der Waals surface area contributed by atoms with Crippen LogP contribution in [0.5, 0.6) is 5.75 Å². The van der Waals surface area contributed by atoms with E-state index in [4.69, 9.17) is 17.3 Å². The van der Waals surface area contributed by atoms with Gasteiger partial charge in [0, 0.05) is 47.4 Å². The molecular weight excluding hydrogens is 743 g/mol. The fourth-order valence-corrected chi connectivity index (χ4v) is 8.78. The van der Waals surface area contributed by atoms with Gasteiger partial charge in [0.05, 0.1) is 41.4 Å². The number of nitrogens with zero attached hydrogens (tertiary/aromatic N) is 5. The predicted molar refractivity (Wildman–Crippen MR) is 207 cm³/mol. The van der Waals surface area contributed by atoms with Crippen LogP contribution in [0.4, 0.5) is 10.1 Å². The zero-order valence-electron chi connectivity index (χ0n) is 31.2. The number of aromatic hydroxyl groups is 1. The molecule has 0 unspecified atom stereocenters. The summed E-state index contributed by atoms with van der Waals surface area (Å²) in [6, 6.07) is 14.3. The third-order valence-corrected chi connectivity index (χ3v) is 11.3. The Morgan fingerprint density at radius 3 is 2.41 bits per heavy atom. The number of aliphatic hydroxyl groups excluding tert-OH is 2. The van der Waals surface area contributed by atoms with Crippen LogP contribution in [0.25, 0.3) is 5.69 Å². The number of primary amides is 1. The molecule has 3 aromatic carbocycles. The standard InChI is InChI=1S/C23H27N3O7.C18H13ClFN3/c1-25(2)12-5-6-13(27)15-10(12)7-9-8-11-17(26(3)4)19(29)16(22(24)32)21(31)23(11,33)20(30)14(9)18(15)28;1-11-21-9-13-10-22-18(14-4-2-3-5-16(14)20)15-8-12(19)6-7-17(15)23(11)13/h5-6,9,11,17,27,29-30,33H,7-8H2,1-4H3,(H2,24,32);2-9H,10H2,1H3/t9-,11-,17-,23-;/m0./s1. The minimum absolute atomic E-state index is 0.00184. The molecule has 6 N–H and O–H groups in total. The molecule has 56 heavy (non-hydrogen) atoms. The number of allylic oxidation sites excluding steroid dienone is 1. The lowest BCUT2D eigenvalue weighted by molar-refractivity contribution is -0.148. The topological polar surface area (TPSA) is 195 Å². The SMILES string of the molecule is CN(C)c1ccc(O)c2c1C[C@H]1C[C@H]3[C@H](N(C)C)C(O)=C(C(N)=O)C(=O)[C@@]3(O)C(O)=C1C2=O.Cc1ncc2n1-c1ccc(Cl)cc1C(c1ccccc1F)=NC2. The first kappa shape index (κ1) is 38.4. The summed E-state index contributed by atoms with van der Waals surface area (Å²) in [7, 11) is 6.79. The number of carbonyl (C=O) groups excluding carboxylic acids is 3. The second kappa shape index (κ2) is 14.0. The summed E-state index contributed by atoms with van der Waals surface area (Å²) in [5, 5.41) is 44.5. The molecule has 0 bridgehead atoms. The molecule has 4 atom stereocenters. The van der Waals surface area contributed by atoms with Gasteiger partial charge in [-0.15, -0.1) is 0 Å². The zero-order chi connectivity index (χ0) is 40.5. The van der Waals surface area contributed by atoms with Crippen LogP contribution in [0.15, 0.2) is 88.5 Å². The number of amides is 1. The van der Waals surface area contributed by atoms with Crippen molar-refractivity contribution in [3.63, 3.8) is 0 Å². The second-order valence-corrected chi connectivity index (χ2v) is 15.2. The summed E-state index contributed by atoms with van der Waals surface area (Å²) in [6.45, 7) is 2.38. The number of rotatable bonds is 4. The van der Waals surface area contributed by atoms with E-state index in [1.54, 1.807) is 51.3 Å². The Kier molecular flexibility index (Phi) is 9.63. The number of hydrogen-bond donors (Lipinski definition) is 5. The van der Waals surface area contributed by atoms with Crippen LogP contribution >= 0.6 is 11.6 Å². The van der Waals surface area contributed by atoms with Crippen molar-refractivity contribution in [3.8, 4) is 11.4 Å². The maximum absolute atomic E-state index is 14.3. The van der Waals surface area contributed by atoms with Gasteiger partial charge in [0.15, 0.2) is 11.4 Å². The number of halogens is 2. The highest BCUT2D eigenvalue weighted by molar-refractivity contribution is 6.31. The predicted octanol–water partition coefficient (Wildman–Crippen LogP) is 4.51. The van der Waals surface area contributed by atoms with E-state index < -0.39 is 58.0 Å². The van der Waals surface area contributed by atoms with Gasteiger partial charge in [-0.05, 0) is 87.8 Å². The molecule has 0 radical (unpaired) electrons. The number of nitrogens with two attached hydrogens (primary N) is 1. The highest BCUT2D eigenvalue weighted by atomic mass is 35.5. The lowest BCUT2D eigenvalue weighted by Gasteiger charge is -2.50. The normalized spacial score (nSPS) is 22.5. The third-order valence-electron chi connectivity index (χ3n) is 11.1. The van der Waals surface area contributed by atoms with Gasteiger partial charge < -0.3 is 31.1 Å².